The van der Waals surface area contributed by atoms with E-state index in [0.717, 1.165) is 14.2 Å². The van der Waals surface area contributed by atoms with Gasteiger partial charge in [0.1, 0.15) is 0 Å². The van der Waals surface area contributed by atoms with Crippen LogP contribution in [-0.2, 0) is 28.6 Å². The molecule has 0 aliphatic heterocycles. The largest absolute Gasteiger partial charge is 0.469 e. The number of ether oxygens (including phenoxy) is 3. The van der Waals surface area contributed by atoms with E-state index in [2.05, 4.69) is 14.2 Å². The van der Waals surface area contributed by atoms with Crippen LogP contribution in [0.1, 0.15) is 46.5 Å². The van der Waals surface area contributed by atoms with Crippen LogP contribution in [0.15, 0.2) is 0 Å². The standard InChI is InChI=1S/C22H27F13O6/c1-6-12(10-16(3,15(38)40-5)9-11(2)13(36)39-4)14(37)41-8-7-17(23,24)18(25,26)19(27,28)20(29,30)21(31,32)22(33,34)35/h11-12H,6-10H2,1-5H3. The molecule has 0 radical (unpaired) electrons. The SMILES string of the molecule is CCC(CC(C)(CC(C)C(=O)OC)C(=O)OC)C(=O)OCCC(F)(F)C(F)(F)C(F)(F)C(F)(F)C(F)(F)C(F)(F)F. The average molecular weight is 634 g/mol. The first kappa shape index (κ1) is 38.5. The number of hydrogen-bond acceptors (Lipinski definition) is 6. The quantitative estimate of drug-likeness (QED) is 0.117. The Balaban J connectivity index is 5.83. The lowest BCUT2D eigenvalue weighted by Gasteiger charge is -2.39. The zero-order chi connectivity index (χ0) is 33.0. The Bertz CT molecular complexity index is 935. The Labute approximate surface area is 224 Å². The second kappa shape index (κ2) is 12.8. The third-order valence-electron chi connectivity index (χ3n) is 6.22. The molecule has 0 aliphatic rings. The number of rotatable bonds is 15. The van der Waals surface area contributed by atoms with Crippen molar-refractivity contribution in [3.8, 4) is 0 Å². The summed E-state index contributed by atoms with van der Waals surface area (Å²) in [5.41, 5.74) is -1.63. The monoisotopic (exact) mass is 634 g/mol. The van der Waals surface area contributed by atoms with Gasteiger partial charge in [0.2, 0.25) is 0 Å². The third kappa shape index (κ3) is 7.48. The van der Waals surface area contributed by atoms with Crippen molar-refractivity contribution in [1.29, 1.82) is 0 Å². The van der Waals surface area contributed by atoms with Crippen molar-refractivity contribution in [2.24, 2.45) is 17.3 Å². The molecule has 0 spiro atoms. The molecule has 0 aliphatic carbocycles. The summed E-state index contributed by atoms with van der Waals surface area (Å²) in [6, 6.07) is 0. The minimum Gasteiger partial charge on any atom is -0.469 e. The van der Waals surface area contributed by atoms with Gasteiger partial charge in [0.25, 0.3) is 0 Å². The van der Waals surface area contributed by atoms with Crippen LogP contribution in [0.2, 0.25) is 0 Å². The lowest BCUT2D eigenvalue weighted by atomic mass is 9.74. The maximum absolute atomic E-state index is 13.9. The van der Waals surface area contributed by atoms with Gasteiger partial charge in [0.05, 0.1) is 44.5 Å². The summed E-state index contributed by atoms with van der Waals surface area (Å²) in [7, 11) is 1.99. The second-order valence-corrected chi connectivity index (χ2v) is 9.41. The zero-order valence-corrected chi connectivity index (χ0v) is 22.1. The van der Waals surface area contributed by atoms with E-state index in [4.69, 9.17) is 0 Å². The van der Waals surface area contributed by atoms with Gasteiger partial charge in [-0.05, 0) is 26.2 Å². The number of carbonyl (C=O) groups is 3. The van der Waals surface area contributed by atoms with Crippen LogP contribution in [0, 0.1) is 17.3 Å². The van der Waals surface area contributed by atoms with Crippen LogP contribution in [0.3, 0.4) is 0 Å². The van der Waals surface area contributed by atoms with Crippen LogP contribution in [0.5, 0.6) is 0 Å². The predicted molar refractivity (Wildman–Crippen MR) is 111 cm³/mol. The molecule has 0 aromatic rings. The lowest BCUT2D eigenvalue weighted by Crippen LogP contribution is -2.70. The fourth-order valence-corrected chi connectivity index (χ4v) is 3.75. The second-order valence-electron chi connectivity index (χ2n) is 9.41. The number of hydrogen-bond donors (Lipinski definition) is 0. The molecule has 242 valence electrons. The molecule has 0 heterocycles. The number of esters is 3. The third-order valence-corrected chi connectivity index (χ3v) is 6.22. The van der Waals surface area contributed by atoms with Gasteiger partial charge in [-0.3, -0.25) is 14.4 Å². The topological polar surface area (TPSA) is 78.9 Å². The van der Waals surface area contributed by atoms with Gasteiger partial charge in [-0.25, -0.2) is 0 Å². The Hall–Kier alpha value is -2.50. The highest BCUT2D eigenvalue weighted by Crippen LogP contribution is 2.60. The Kier molecular flexibility index (Phi) is 12.0. The number of methoxy groups -OCH3 is 2. The first-order valence-electron chi connectivity index (χ1n) is 11.4. The Morgan fingerprint density at radius 1 is 0.683 bits per heavy atom. The molecule has 0 aromatic heterocycles. The van der Waals surface area contributed by atoms with Gasteiger partial charge in [0.15, 0.2) is 0 Å². The Morgan fingerprint density at radius 3 is 1.54 bits per heavy atom. The Morgan fingerprint density at radius 2 is 1.15 bits per heavy atom. The first-order chi connectivity index (χ1) is 18.1. The lowest BCUT2D eigenvalue weighted by molar-refractivity contribution is -0.440. The molecule has 41 heavy (non-hydrogen) atoms. The zero-order valence-electron chi connectivity index (χ0n) is 22.1. The average Bonchev–Trinajstić information content (AvgIpc) is 2.84. The molecule has 0 N–H and O–H groups in total. The molecule has 0 fully saturated rings. The van der Waals surface area contributed by atoms with Crippen LogP contribution < -0.4 is 0 Å². The molecule has 3 atom stereocenters. The van der Waals surface area contributed by atoms with Gasteiger partial charge in [0, 0.05) is 0 Å². The summed E-state index contributed by atoms with van der Waals surface area (Å²) in [4.78, 5) is 36.5. The normalized spacial score (nSPS) is 16.8. The van der Waals surface area contributed by atoms with Crippen molar-refractivity contribution in [3.05, 3.63) is 0 Å². The molecule has 0 amide bonds. The van der Waals surface area contributed by atoms with Gasteiger partial charge in [-0.15, -0.1) is 0 Å². The summed E-state index contributed by atoms with van der Waals surface area (Å²) < 4.78 is 185. The summed E-state index contributed by atoms with van der Waals surface area (Å²) in [6.07, 6.45) is -11.2. The minimum absolute atomic E-state index is 0.221. The van der Waals surface area contributed by atoms with E-state index in [1.165, 1.54) is 20.8 Å². The molecular formula is C22H27F13O6. The molecule has 0 saturated carbocycles. The van der Waals surface area contributed by atoms with Gasteiger partial charge >= 0.3 is 53.7 Å². The fourth-order valence-electron chi connectivity index (χ4n) is 3.75. The van der Waals surface area contributed by atoms with E-state index in [0.29, 0.717) is 0 Å². The number of carbonyl (C=O) groups excluding carboxylic acids is 3. The highest BCUT2D eigenvalue weighted by atomic mass is 19.4. The van der Waals surface area contributed by atoms with E-state index >= 15 is 0 Å². The molecular weight excluding hydrogens is 607 g/mol. The van der Waals surface area contributed by atoms with E-state index < -0.39 is 90.4 Å². The van der Waals surface area contributed by atoms with Crippen LogP contribution in [-0.4, -0.2) is 74.5 Å². The molecule has 0 saturated heterocycles. The summed E-state index contributed by atoms with van der Waals surface area (Å²) in [5.74, 6) is -43.3. The maximum Gasteiger partial charge on any atom is 0.460 e. The van der Waals surface area contributed by atoms with E-state index in [1.807, 2.05) is 0 Å². The maximum atomic E-state index is 13.9. The summed E-state index contributed by atoms with van der Waals surface area (Å²) in [6.45, 7) is 1.97. The summed E-state index contributed by atoms with van der Waals surface area (Å²) >= 11 is 0. The van der Waals surface area contributed by atoms with E-state index in [-0.39, 0.29) is 12.8 Å². The first-order valence-corrected chi connectivity index (χ1v) is 11.4. The van der Waals surface area contributed by atoms with Crippen LogP contribution in [0.25, 0.3) is 0 Å². The molecule has 3 unspecified atom stereocenters. The van der Waals surface area contributed by atoms with Crippen molar-refractivity contribution in [1.82, 2.24) is 0 Å². The number of halogens is 13. The van der Waals surface area contributed by atoms with Crippen molar-refractivity contribution in [2.75, 3.05) is 20.8 Å². The smallest absolute Gasteiger partial charge is 0.460 e. The fraction of sp³-hybridized carbons (Fsp3) is 0.864. The predicted octanol–water partition coefficient (Wildman–Crippen LogP) is 6.45. The van der Waals surface area contributed by atoms with Crippen LogP contribution >= 0.6 is 0 Å². The number of alkyl halides is 13. The van der Waals surface area contributed by atoms with Crippen molar-refractivity contribution >= 4 is 17.9 Å². The molecule has 0 bridgehead atoms. The van der Waals surface area contributed by atoms with E-state index in [1.54, 1.807) is 0 Å². The molecule has 0 rings (SSSR count). The molecule has 19 heteroatoms. The van der Waals surface area contributed by atoms with Gasteiger partial charge in [-0.1, -0.05) is 13.8 Å². The highest BCUT2D eigenvalue weighted by molar-refractivity contribution is 5.80. The van der Waals surface area contributed by atoms with Crippen molar-refractivity contribution in [2.45, 2.75) is 82.2 Å². The summed E-state index contributed by atoms with van der Waals surface area (Å²) in [5, 5.41) is 0. The molecule has 0 aromatic carbocycles. The van der Waals surface area contributed by atoms with Gasteiger partial charge < -0.3 is 14.2 Å². The van der Waals surface area contributed by atoms with Gasteiger partial charge in [-0.2, -0.15) is 57.1 Å². The van der Waals surface area contributed by atoms with Crippen LogP contribution in [0.4, 0.5) is 57.1 Å². The highest BCUT2D eigenvalue weighted by Gasteiger charge is 2.90. The minimum atomic E-state index is -8.03. The van der Waals surface area contributed by atoms with E-state index in [9.17, 15) is 71.5 Å². The van der Waals surface area contributed by atoms with Crippen molar-refractivity contribution in [3.63, 3.8) is 0 Å². The molecule has 6 nitrogen and oxygen atoms in total. The van der Waals surface area contributed by atoms with Crippen molar-refractivity contribution < 1.29 is 85.7 Å².